The number of rotatable bonds is 3. The van der Waals surface area contributed by atoms with E-state index in [1.807, 2.05) is 49.4 Å². The van der Waals surface area contributed by atoms with Gasteiger partial charge in [-0.25, -0.2) is 0 Å². The number of aliphatic hydroxyl groups is 1. The van der Waals surface area contributed by atoms with E-state index in [-0.39, 0.29) is 0 Å². The van der Waals surface area contributed by atoms with Crippen LogP contribution in [-0.4, -0.2) is 5.11 Å². The molecule has 3 heteroatoms. The zero-order valence-electron chi connectivity index (χ0n) is 10.0. The predicted octanol–water partition coefficient (Wildman–Crippen LogP) is 4.80. The Balaban J connectivity index is 2.22. The van der Waals surface area contributed by atoms with Gasteiger partial charge in [0.2, 0.25) is 0 Å². The smallest absolute Gasteiger partial charge is 0.0841 e. The van der Waals surface area contributed by atoms with Gasteiger partial charge < -0.3 is 5.11 Å². The molecule has 0 aliphatic carbocycles. The summed E-state index contributed by atoms with van der Waals surface area (Å²) in [6.45, 7) is 2.04. The second kappa shape index (κ2) is 6.00. The zero-order chi connectivity index (χ0) is 13.1. The Labute approximate surface area is 124 Å². The molecule has 1 unspecified atom stereocenters. The molecule has 0 aliphatic rings. The first-order valence-corrected chi connectivity index (χ1v) is 7.34. The summed E-state index contributed by atoms with van der Waals surface area (Å²) in [7, 11) is 0. The minimum Gasteiger partial charge on any atom is -0.388 e. The van der Waals surface area contributed by atoms with Gasteiger partial charge in [-0.05, 0) is 35.7 Å². The van der Waals surface area contributed by atoms with Gasteiger partial charge in [0.15, 0.2) is 0 Å². The van der Waals surface area contributed by atoms with Crippen molar-refractivity contribution in [1.29, 1.82) is 0 Å². The van der Waals surface area contributed by atoms with E-state index in [0.717, 1.165) is 20.1 Å². The van der Waals surface area contributed by atoms with E-state index >= 15 is 0 Å². The molecule has 0 aliphatic heterocycles. The molecular formula is C15H14Br2O. The molecule has 2 aromatic rings. The summed E-state index contributed by atoms with van der Waals surface area (Å²) >= 11 is 7.01. The van der Waals surface area contributed by atoms with Crippen LogP contribution in [0.4, 0.5) is 0 Å². The van der Waals surface area contributed by atoms with E-state index in [2.05, 4.69) is 31.9 Å². The van der Waals surface area contributed by atoms with E-state index in [9.17, 15) is 5.11 Å². The number of benzene rings is 2. The first-order chi connectivity index (χ1) is 8.58. The SMILES string of the molecule is Cc1ccc(C(O)Cc2ccccc2Br)c(Br)c1. The molecule has 0 saturated heterocycles. The van der Waals surface area contributed by atoms with Crippen LogP contribution >= 0.6 is 31.9 Å². The number of aliphatic hydroxyl groups excluding tert-OH is 1. The summed E-state index contributed by atoms with van der Waals surface area (Å²) in [5.41, 5.74) is 3.22. The van der Waals surface area contributed by atoms with Crippen LogP contribution in [0.1, 0.15) is 22.8 Å². The van der Waals surface area contributed by atoms with Crippen molar-refractivity contribution in [2.24, 2.45) is 0 Å². The average Bonchev–Trinajstić information content (AvgIpc) is 2.32. The largest absolute Gasteiger partial charge is 0.388 e. The molecule has 0 aromatic heterocycles. The first kappa shape index (κ1) is 13.8. The van der Waals surface area contributed by atoms with E-state index in [4.69, 9.17) is 0 Å². The van der Waals surface area contributed by atoms with Crippen LogP contribution < -0.4 is 0 Å². The molecule has 1 N–H and O–H groups in total. The maximum Gasteiger partial charge on any atom is 0.0841 e. The maximum atomic E-state index is 10.3. The Morgan fingerprint density at radius 2 is 1.78 bits per heavy atom. The van der Waals surface area contributed by atoms with Crippen LogP contribution in [0, 0.1) is 6.92 Å². The number of halogens is 2. The van der Waals surface area contributed by atoms with Crippen molar-refractivity contribution in [2.75, 3.05) is 0 Å². The Morgan fingerprint density at radius 3 is 2.44 bits per heavy atom. The van der Waals surface area contributed by atoms with Crippen LogP contribution in [0.5, 0.6) is 0 Å². The third kappa shape index (κ3) is 3.22. The van der Waals surface area contributed by atoms with Gasteiger partial charge in [-0.1, -0.05) is 62.2 Å². The van der Waals surface area contributed by atoms with Crippen LogP contribution in [-0.2, 0) is 6.42 Å². The summed E-state index contributed by atoms with van der Waals surface area (Å²) < 4.78 is 1.99. The van der Waals surface area contributed by atoms with Gasteiger partial charge in [-0.3, -0.25) is 0 Å². The van der Waals surface area contributed by atoms with Gasteiger partial charge in [0.1, 0.15) is 0 Å². The van der Waals surface area contributed by atoms with Crippen LogP contribution in [0.2, 0.25) is 0 Å². The Bertz CT molecular complexity index is 552. The van der Waals surface area contributed by atoms with Crippen molar-refractivity contribution in [3.63, 3.8) is 0 Å². The molecule has 0 radical (unpaired) electrons. The van der Waals surface area contributed by atoms with Gasteiger partial charge in [0, 0.05) is 15.4 Å². The molecule has 0 spiro atoms. The summed E-state index contributed by atoms with van der Waals surface area (Å²) in [5.74, 6) is 0. The molecule has 2 aromatic carbocycles. The highest BCUT2D eigenvalue weighted by Gasteiger charge is 2.13. The van der Waals surface area contributed by atoms with Crippen LogP contribution in [0.25, 0.3) is 0 Å². The molecular weight excluding hydrogens is 356 g/mol. The Morgan fingerprint density at radius 1 is 1.06 bits per heavy atom. The second-order valence-corrected chi connectivity index (χ2v) is 6.04. The standard InChI is InChI=1S/C15H14Br2O/c1-10-6-7-12(14(17)8-10)15(18)9-11-4-2-3-5-13(11)16/h2-8,15,18H,9H2,1H3. The molecule has 94 valence electrons. The molecule has 0 bridgehead atoms. The monoisotopic (exact) mass is 368 g/mol. The van der Waals surface area contributed by atoms with E-state index in [0.29, 0.717) is 6.42 Å². The normalized spacial score (nSPS) is 12.4. The molecule has 0 fully saturated rings. The number of aryl methyl sites for hydroxylation is 1. The second-order valence-electron chi connectivity index (χ2n) is 4.34. The number of hydrogen-bond donors (Lipinski definition) is 1. The minimum absolute atomic E-state index is 0.501. The Hall–Kier alpha value is -0.640. The van der Waals surface area contributed by atoms with Crippen molar-refractivity contribution in [3.05, 3.63) is 68.1 Å². The quantitative estimate of drug-likeness (QED) is 0.824. The van der Waals surface area contributed by atoms with E-state index < -0.39 is 6.10 Å². The lowest BCUT2D eigenvalue weighted by atomic mass is 10.0. The lowest BCUT2D eigenvalue weighted by molar-refractivity contribution is 0.177. The van der Waals surface area contributed by atoms with Gasteiger partial charge in [-0.15, -0.1) is 0 Å². The third-order valence-corrected chi connectivity index (χ3v) is 4.35. The topological polar surface area (TPSA) is 20.2 Å². The van der Waals surface area contributed by atoms with Crippen LogP contribution in [0.15, 0.2) is 51.4 Å². The lowest BCUT2D eigenvalue weighted by Crippen LogP contribution is -2.03. The van der Waals surface area contributed by atoms with Crippen molar-refractivity contribution in [3.8, 4) is 0 Å². The molecule has 1 atom stereocenters. The average molecular weight is 370 g/mol. The lowest BCUT2D eigenvalue weighted by Gasteiger charge is -2.14. The fourth-order valence-electron chi connectivity index (χ4n) is 1.88. The van der Waals surface area contributed by atoms with E-state index in [1.165, 1.54) is 5.56 Å². The zero-order valence-corrected chi connectivity index (χ0v) is 13.2. The highest BCUT2D eigenvalue weighted by molar-refractivity contribution is 9.10. The van der Waals surface area contributed by atoms with Gasteiger partial charge in [-0.2, -0.15) is 0 Å². The van der Waals surface area contributed by atoms with Gasteiger partial charge in [0.25, 0.3) is 0 Å². The molecule has 18 heavy (non-hydrogen) atoms. The maximum absolute atomic E-state index is 10.3. The summed E-state index contributed by atoms with van der Waals surface area (Å²) in [4.78, 5) is 0. The van der Waals surface area contributed by atoms with Crippen molar-refractivity contribution >= 4 is 31.9 Å². The molecule has 2 rings (SSSR count). The molecule has 0 amide bonds. The summed E-state index contributed by atoms with van der Waals surface area (Å²) in [6, 6.07) is 14.0. The Kier molecular flexibility index (Phi) is 4.60. The first-order valence-electron chi connectivity index (χ1n) is 5.75. The molecule has 0 saturated carbocycles. The summed E-state index contributed by atoms with van der Waals surface area (Å²) in [5, 5.41) is 10.3. The fraction of sp³-hybridized carbons (Fsp3) is 0.200. The summed E-state index contributed by atoms with van der Waals surface area (Å²) in [6.07, 6.45) is 0.0991. The van der Waals surface area contributed by atoms with E-state index in [1.54, 1.807) is 0 Å². The molecule has 0 heterocycles. The fourth-order valence-corrected chi connectivity index (χ4v) is 3.09. The highest BCUT2D eigenvalue weighted by atomic mass is 79.9. The van der Waals surface area contributed by atoms with Crippen molar-refractivity contribution < 1.29 is 5.11 Å². The molecule has 1 nitrogen and oxygen atoms in total. The van der Waals surface area contributed by atoms with Gasteiger partial charge >= 0.3 is 0 Å². The van der Waals surface area contributed by atoms with Crippen molar-refractivity contribution in [1.82, 2.24) is 0 Å². The minimum atomic E-state index is -0.501. The van der Waals surface area contributed by atoms with Crippen molar-refractivity contribution in [2.45, 2.75) is 19.4 Å². The highest BCUT2D eigenvalue weighted by Crippen LogP contribution is 2.29. The van der Waals surface area contributed by atoms with Crippen LogP contribution in [0.3, 0.4) is 0 Å². The number of hydrogen-bond acceptors (Lipinski definition) is 1. The van der Waals surface area contributed by atoms with Gasteiger partial charge in [0.05, 0.1) is 6.10 Å². The predicted molar refractivity (Wildman–Crippen MR) is 81.7 cm³/mol. The third-order valence-electron chi connectivity index (χ3n) is 2.89.